The number of nitrogens with zero attached hydrogens (tertiary/aromatic N) is 3. The summed E-state index contributed by atoms with van der Waals surface area (Å²) in [7, 11) is 1.67. The number of benzene rings is 2. The van der Waals surface area contributed by atoms with Crippen LogP contribution in [0.5, 0.6) is 5.75 Å². The van der Waals surface area contributed by atoms with Crippen LogP contribution in [0.4, 0.5) is 5.69 Å². The highest BCUT2D eigenvalue weighted by atomic mass is 79.9. The molecule has 0 spiro atoms. The van der Waals surface area contributed by atoms with Crippen LogP contribution in [0.1, 0.15) is 10.5 Å². The van der Waals surface area contributed by atoms with Crippen molar-refractivity contribution in [2.75, 3.05) is 38.2 Å². The van der Waals surface area contributed by atoms with E-state index in [2.05, 4.69) is 37.1 Å². The second-order valence-corrected chi connectivity index (χ2v) is 7.57. The molecule has 2 heterocycles. The van der Waals surface area contributed by atoms with Gasteiger partial charge < -0.3 is 14.5 Å². The van der Waals surface area contributed by atoms with Crippen LogP contribution >= 0.6 is 15.9 Å². The first-order chi connectivity index (χ1) is 13.6. The molecule has 1 aliphatic rings. The molecule has 0 aliphatic carbocycles. The van der Waals surface area contributed by atoms with Gasteiger partial charge in [-0.3, -0.25) is 9.89 Å². The normalized spacial score (nSPS) is 14.2. The van der Waals surface area contributed by atoms with Gasteiger partial charge in [-0.2, -0.15) is 5.10 Å². The molecule has 28 heavy (non-hydrogen) atoms. The molecule has 6 nitrogen and oxygen atoms in total. The fourth-order valence-electron chi connectivity index (χ4n) is 3.35. The van der Waals surface area contributed by atoms with Gasteiger partial charge in [0.15, 0.2) is 0 Å². The molecular weight excluding hydrogens is 420 g/mol. The highest BCUT2D eigenvalue weighted by molar-refractivity contribution is 9.10. The van der Waals surface area contributed by atoms with E-state index in [0.717, 1.165) is 40.3 Å². The number of aromatic amines is 1. The number of carbonyl (C=O) groups excluding carboxylic acids is 1. The number of aromatic nitrogens is 2. The molecule has 0 atom stereocenters. The van der Waals surface area contributed by atoms with Gasteiger partial charge in [0.1, 0.15) is 11.4 Å². The number of hydrogen-bond donors (Lipinski definition) is 1. The summed E-state index contributed by atoms with van der Waals surface area (Å²) in [6.07, 6.45) is 0. The van der Waals surface area contributed by atoms with E-state index >= 15 is 0 Å². The van der Waals surface area contributed by atoms with E-state index in [-0.39, 0.29) is 5.91 Å². The molecule has 0 unspecified atom stereocenters. The Balaban J connectivity index is 1.41. The number of anilines is 1. The number of ether oxygens (including phenoxy) is 1. The van der Waals surface area contributed by atoms with Crippen LogP contribution in [0.2, 0.25) is 0 Å². The first-order valence-electron chi connectivity index (χ1n) is 9.13. The lowest BCUT2D eigenvalue weighted by molar-refractivity contribution is 0.0741. The topological polar surface area (TPSA) is 61.5 Å². The van der Waals surface area contributed by atoms with Gasteiger partial charge in [0.05, 0.1) is 12.8 Å². The van der Waals surface area contributed by atoms with E-state index in [1.54, 1.807) is 7.11 Å². The fourth-order valence-corrected chi connectivity index (χ4v) is 3.61. The first-order valence-corrected chi connectivity index (χ1v) is 9.93. The number of nitrogens with one attached hydrogen (secondary N) is 1. The van der Waals surface area contributed by atoms with Crippen LogP contribution in [-0.2, 0) is 0 Å². The van der Waals surface area contributed by atoms with Crippen LogP contribution in [0, 0.1) is 0 Å². The maximum atomic E-state index is 12.9. The summed E-state index contributed by atoms with van der Waals surface area (Å²) in [5.74, 6) is 0.829. The predicted molar refractivity (Wildman–Crippen MR) is 113 cm³/mol. The molecule has 0 radical (unpaired) electrons. The molecule has 0 saturated carbocycles. The van der Waals surface area contributed by atoms with Gasteiger partial charge in [0, 0.05) is 48.0 Å². The van der Waals surface area contributed by atoms with Gasteiger partial charge in [-0.25, -0.2) is 0 Å². The molecule has 2 aromatic carbocycles. The van der Waals surface area contributed by atoms with Crippen LogP contribution in [-0.4, -0.2) is 54.3 Å². The van der Waals surface area contributed by atoms with Crippen LogP contribution in [0.15, 0.2) is 59.1 Å². The molecular formula is C21H21BrN4O2. The second-order valence-electron chi connectivity index (χ2n) is 6.65. The number of piperazine rings is 1. The van der Waals surface area contributed by atoms with E-state index < -0.39 is 0 Å². The smallest absolute Gasteiger partial charge is 0.272 e. The molecule has 7 heteroatoms. The van der Waals surface area contributed by atoms with Crippen LogP contribution in [0.3, 0.4) is 0 Å². The SMILES string of the molecule is COc1cccc(N2CCN(C(=O)c3cc(-c4ccc(Br)cc4)n[nH]3)CC2)c1. The highest BCUT2D eigenvalue weighted by Gasteiger charge is 2.24. The van der Waals surface area contributed by atoms with E-state index in [1.165, 1.54) is 0 Å². The number of rotatable bonds is 4. The lowest BCUT2D eigenvalue weighted by Crippen LogP contribution is -2.48. The molecule has 1 amide bonds. The Morgan fingerprint density at radius 2 is 1.82 bits per heavy atom. The summed E-state index contributed by atoms with van der Waals surface area (Å²) in [5.41, 5.74) is 3.38. The third-order valence-electron chi connectivity index (χ3n) is 4.93. The van der Waals surface area contributed by atoms with Crippen LogP contribution in [0.25, 0.3) is 11.3 Å². The Kier molecular flexibility index (Phi) is 5.34. The monoisotopic (exact) mass is 440 g/mol. The molecule has 1 saturated heterocycles. The maximum absolute atomic E-state index is 12.9. The Morgan fingerprint density at radius 1 is 1.07 bits per heavy atom. The van der Waals surface area contributed by atoms with Crippen LogP contribution < -0.4 is 9.64 Å². The predicted octanol–water partition coefficient (Wildman–Crippen LogP) is 3.81. The van der Waals surface area contributed by atoms with Gasteiger partial charge in [-0.1, -0.05) is 34.1 Å². The summed E-state index contributed by atoms with van der Waals surface area (Å²) >= 11 is 3.43. The molecule has 4 rings (SSSR count). The van der Waals surface area contributed by atoms with Crippen molar-refractivity contribution < 1.29 is 9.53 Å². The number of amides is 1. The summed E-state index contributed by atoms with van der Waals surface area (Å²) in [5, 5.41) is 7.19. The Bertz CT molecular complexity index is 963. The molecule has 144 valence electrons. The molecule has 1 fully saturated rings. The number of carbonyl (C=O) groups is 1. The average Bonchev–Trinajstić information content (AvgIpc) is 3.24. The summed E-state index contributed by atoms with van der Waals surface area (Å²) in [6.45, 7) is 2.91. The zero-order valence-corrected chi connectivity index (χ0v) is 17.1. The molecule has 3 aromatic rings. The van der Waals surface area contributed by atoms with Crippen molar-refractivity contribution in [2.45, 2.75) is 0 Å². The fraction of sp³-hybridized carbons (Fsp3) is 0.238. The minimum absolute atomic E-state index is 0.0128. The largest absolute Gasteiger partial charge is 0.497 e. The van der Waals surface area contributed by atoms with Crippen molar-refractivity contribution in [3.8, 4) is 17.0 Å². The molecule has 1 aliphatic heterocycles. The number of methoxy groups -OCH3 is 1. The van der Waals surface area contributed by atoms with Crippen molar-refractivity contribution in [1.82, 2.24) is 15.1 Å². The molecule has 0 bridgehead atoms. The first kappa shape index (κ1) is 18.6. The summed E-state index contributed by atoms with van der Waals surface area (Å²) < 4.78 is 6.31. The van der Waals surface area contributed by atoms with E-state index in [0.29, 0.717) is 18.8 Å². The standard InChI is InChI=1S/C21H21BrN4O2/c1-28-18-4-2-3-17(13-18)25-9-11-26(12-10-25)21(27)20-14-19(23-24-20)15-5-7-16(22)8-6-15/h2-8,13-14H,9-12H2,1H3,(H,23,24). The van der Waals surface area contributed by atoms with E-state index in [4.69, 9.17) is 4.74 Å². The Hall–Kier alpha value is -2.80. The van der Waals surface area contributed by atoms with Crippen molar-refractivity contribution >= 4 is 27.5 Å². The maximum Gasteiger partial charge on any atom is 0.272 e. The zero-order chi connectivity index (χ0) is 19.5. The lowest BCUT2D eigenvalue weighted by Gasteiger charge is -2.36. The zero-order valence-electron chi connectivity index (χ0n) is 15.6. The highest BCUT2D eigenvalue weighted by Crippen LogP contribution is 2.23. The average molecular weight is 441 g/mol. The minimum Gasteiger partial charge on any atom is -0.497 e. The van der Waals surface area contributed by atoms with Crippen molar-refractivity contribution in [3.05, 3.63) is 64.8 Å². The molecule has 1 aromatic heterocycles. The van der Waals surface area contributed by atoms with E-state index in [9.17, 15) is 4.79 Å². The summed E-state index contributed by atoms with van der Waals surface area (Å²) in [4.78, 5) is 17.0. The van der Waals surface area contributed by atoms with Gasteiger partial charge >= 0.3 is 0 Å². The molecule has 1 N–H and O–H groups in total. The summed E-state index contributed by atoms with van der Waals surface area (Å²) in [6, 6.07) is 17.7. The number of hydrogen-bond acceptors (Lipinski definition) is 4. The minimum atomic E-state index is -0.0128. The third kappa shape index (κ3) is 3.89. The van der Waals surface area contributed by atoms with Crippen molar-refractivity contribution in [3.63, 3.8) is 0 Å². The second kappa shape index (κ2) is 8.06. The quantitative estimate of drug-likeness (QED) is 0.669. The van der Waals surface area contributed by atoms with Crippen molar-refractivity contribution in [1.29, 1.82) is 0 Å². The van der Waals surface area contributed by atoms with E-state index in [1.807, 2.05) is 53.4 Å². The van der Waals surface area contributed by atoms with Gasteiger partial charge in [0.25, 0.3) is 5.91 Å². The van der Waals surface area contributed by atoms with Gasteiger partial charge in [0.2, 0.25) is 0 Å². The number of H-pyrrole nitrogens is 1. The lowest BCUT2D eigenvalue weighted by atomic mass is 10.1. The van der Waals surface area contributed by atoms with Gasteiger partial charge in [-0.15, -0.1) is 0 Å². The Labute approximate surface area is 172 Å². The Morgan fingerprint density at radius 3 is 2.54 bits per heavy atom. The van der Waals surface area contributed by atoms with Crippen molar-refractivity contribution in [2.24, 2.45) is 0 Å². The third-order valence-corrected chi connectivity index (χ3v) is 5.46. The van der Waals surface area contributed by atoms with Gasteiger partial charge in [-0.05, 0) is 30.3 Å². The number of halogens is 1.